The van der Waals surface area contributed by atoms with Gasteiger partial charge in [0.25, 0.3) is 0 Å². The highest BCUT2D eigenvalue weighted by molar-refractivity contribution is 5.77. The van der Waals surface area contributed by atoms with Gasteiger partial charge in [0.15, 0.2) is 0 Å². The van der Waals surface area contributed by atoms with Crippen molar-refractivity contribution >= 4 is 5.91 Å². The molecule has 2 N–H and O–H groups in total. The van der Waals surface area contributed by atoms with Crippen LogP contribution in [0.25, 0.3) is 0 Å². The summed E-state index contributed by atoms with van der Waals surface area (Å²) < 4.78 is 5.96. The van der Waals surface area contributed by atoms with Crippen molar-refractivity contribution in [3.63, 3.8) is 0 Å². The molecule has 1 aliphatic carbocycles. The normalized spacial score (nSPS) is 23.9. The van der Waals surface area contributed by atoms with Crippen LogP contribution >= 0.6 is 0 Å². The molecule has 0 spiro atoms. The summed E-state index contributed by atoms with van der Waals surface area (Å²) in [6.07, 6.45) is 9.18. The summed E-state index contributed by atoms with van der Waals surface area (Å²) >= 11 is 0. The zero-order valence-corrected chi connectivity index (χ0v) is 11.3. The van der Waals surface area contributed by atoms with Crippen LogP contribution in [0, 0.1) is 0 Å². The topological polar surface area (TPSA) is 55.6 Å². The quantitative estimate of drug-likeness (QED) is 0.777. The molecule has 104 valence electrons. The van der Waals surface area contributed by atoms with Gasteiger partial charge in [-0.2, -0.15) is 0 Å². The Morgan fingerprint density at radius 1 is 1.06 bits per heavy atom. The van der Waals surface area contributed by atoms with Crippen LogP contribution in [-0.4, -0.2) is 42.6 Å². The molecule has 0 aromatic heterocycles. The van der Waals surface area contributed by atoms with Gasteiger partial charge in [-0.3, -0.25) is 4.79 Å². The molecule has 1 amide bonds. The molecule has 2 rings (SSSR count). The number of hydrogen-bond acceptors (Lipinski definition) is 3. The second kappa shape index (κ2) is 6.53. The fourth-order valence-corrected chi connectivity index (χ4v) is 3.05. The van der Waals surface area contributed by atoms with Crippen LogP contribution in [0.4, 0.5) is 0 Å². The molecular weight excluding hydrogens is 228 g/mol. The van der Waals surface area contributed by atoms with Gasteiger partial charge in [0.2, 0.25) is 5.91 Å². The lowest BCUT2D eigenvalue weighted by molar-refractivity contribution is -0.143. The van der Waals surface area contributed by atoms with E-state index >= 15 is 0 Å². The van der Waals surface area contributed by atoms with E-state index in [1.54, 1.807) is 0 Å². The standard InChI is InChI=1S/C14H26N2O2/c15-12-14(7-3-1-2-4-8-14)18-11-13(17)16-9-5-6-10-16/h1-12,15H2. The van der Waals surface area contributed by atoms with E-state index in [4.69, 9.17) is 10.5 Å². The molecular formula is C14H26N2O2. The van der Waals surface area contributed by atoms with Gasteiger partial charge in [-0.1, -0.05) is 25.7 Å². The number of ether oxygens (including phenoxy) is 1. The lowest BCUT2D eigenvalue weighted by Gasteiger charge is -2.32. The van der Waals surface area contributed by atoms with Crippen LogP contribution in [0.5, 0.6) is 0 Å². The first-order valence-corrected chi connectivity index (χ1v) is 7.38. The summed E-state index contributed by atoms with van der Waals surface area (Å²) in [5, 5.41) is 0. The Morgan fingerprint density at radius 3 is 2.22 bits per heavy atom. The van der Waals surface area contributed by atoms with Gasteiger partial charge in [-0.15, -0.1) is 0 Å². The van der Waals surface area contributed by atoms with Crippen molar-refractivity contribution in [2.24, 2.45) is 5.73 Å². The van der Waals surface area contributed by atoms with Gasteiger partial charge in [-0.25, -0.2) is 0 Å². The summed E-state index contributed by atoms with van der Waals surface area (Å²) in [6, 6.07) is 0. The number of nitrogens with two attached hydrogens (primary N) is 1. The number of nitrogens with zero attached hydrogens (tertiary/aromatic N) is 1. The Bertz CT molecular complexity index is 267. The molecule has 18 heavy (non-hydrogen) atoms. The number of carbonyl (C=O) groups excluding carboxylic acids is 1. The zero-order valence-electron chi connectivity index (χ0n) is 11.3. The van der Waals surface area contributed by atoms with Crippen LogP contribution in [0.1, 0.15) is 51.4 Å². The van der Waals surface area contributed by atoms with Crippen molar-refractivity contribution in [3.05, 3.63) is 0 Å². The molecule has 2 aliphatic rings. The number of carbonyl (C=O) groups is 1. The third kappa shape index (κ3) is 3.45. The average molecular weight is 254 g/mol. The van der Waals surface area contributed by atoms with E-state index < -0.39 is 0 Å². The Labute approximate surface area is 110 Å². The van der Waals surface area contributed by atoms with E-state index in [9.17, 15) is 4.79 Å². The molecule has 0 radical (unpaired) electrons. The van der Waals surface area contributed by atoms with Crippen LogP contribution in [0.3, 0.4) is 0 Å². The highest BCUT2D eigenvalue weighted by Crippen LogP contribution is 2.29. The van der Waals surface area contributed by atoms with Crippen molar-refractivity contribution in [2.45, 2.75) is 57.0 Å². The molecule has 0 unspecified atom stereocenters. The average Bonchev–Trinajstić information content (AvgIpc) is 2.83. The predicted molar refractivity (Wildman–Crippen MR) is 71.3 cm³/mol. The smallest absolute Gasteiger partial charge is 0.248 e. The minimum absolute atomic E-state index is 0.143. The summed E-state index contributed by atoms with van der Waals surface area (Å²) in [5.74, 6) is 0.143. The second-order valence-corrected chi connectivity index (χ2v) is 5.68. The summed E-state index contributed by atoms with van der Waals surface area (Å²) in [5.41, 5.74) is 5.67. The van der Waals surface area contributed by atoms with Crippen molar-refractivity contribution in [2.75, 3.05) is 26.2 Å². The summed E-state index contributed by atoms with van der Waals surface area (Å²) in [4.78, 5) is 13.9. The SMILES string of the molecule is NCC1(OCC(=O)N2CCCC2)CCCCCC1. The molecule has 0 bridgehead atoms. The fourth-order valence-electron chi connectivity index (χ4n) is 3.05. The van der Waals surface area contributed by atoms with Crippen LogP contribution in [0.15, 0.2) is 0 Å². The minimum atomic E-state index is -0.230. The van der Waals surface area contributed by atoms with E-state index in [1.807, 2.05) is 4.90 Å². The van der Waals surface area contributed by atoms with Crippen molar-refractivity contribution < 1.29 is 9.53 Å². The van der Waals surface area contributed by atoms with Crippen LogP contribution in [-0.2, 0) is 9.53 Å². The van der Waals surface area contributed by atoms with Crippen LogP contribution < -0.4 is 5.73 Å². The molecule has 1 saturated carbocycles. The van der Waals surface area contributed by atoms with Gasteiger partial charge in [-0.05, 0) is 25.7 Å². The molecule has 2 fully saturated rings. The van der Waals surface area contributed by atoms with Crippen molar-refractivity contribution in [3.8, 4) is 0 Å². The minimum Gasteiger partial charge on any atom is -0.364 e. The van der Waals surface area contributed by atoms with Crippen LogP contribution in [0.2, 0.25) is 0 Å². The molecule has 1 heterocycles. The molecule has 4 heteroatoms. The summed E-state index contributed by atoms with van der Waals surface area (Å²) in [7, 11) is 0. The maximum absolute atomic E-state index is 12.0. The maximum Gasteiger partial charge on any atom is 0.248 e. The summed E-state index contributed by atoms with van der Waals surface area (Å²) in [6.45, 7) is 2.56. The first-order valence-electron chi connectivity index (χ1n) is 7.38. The van der Waals surface area contributed by atoms with E-state index in [0.29, 0.717) is 6.54 Å². The largest absolute Gasteiger partial charge is 0.364 e. The number of hydrogen-bond donors (Lipinski definition) is 1. The number of likely N-dealkylation sites (tertiary alicyclic amines) is 1. The highest BCUT2D eigenvalue weighted by Gasteiger charge is 2.31. The van der Waals surface area contributed by atoms with Gasteiger partial charge in [0.1, 0.15) is 6.61 Å². The Balaban J connectivity index is 1.83. The van der Waals surface area contributed by atoms with Gasteiger partial charge in [0, 0.05) is 19.6 Å². The van der Waals surface area contributed by atoms with E-state index in [0.717, 1.165) is 38.8 Å². The Kier molecular flexibility index (Phi) is 5.01. The number of rotatable bonds is 4. The molecule has 0 aromatic carbocycles. The van der Waals surface area contributed by atoms with Gasteiger partial charge >= 0.3 is 0 Å². The Hall–Kier alpha value is -0.610. The van der Waals surface area contributed by atoms with E-state index in [-0.39, 0.29) is 18.1 Å². The van der Waals surface area contributed by atoms with Crippen molar-refractivity contribution in [1.29, 1.82) is 0 Å². The maximum atomic E-state index is 12.0. The number of amides is 1. The van der Waals surface area contributed by atoms with E-state index in [1.165, 1.54) is 25.7 Å². The first-order chi connectivity index (χ1) is 8.76. The molecule has 0 atom stereocenters. The Morgan fingerprint density at radius 2 is 1.67 bits per heavy atom. The van der Waals surface area contributed by atoms with Gasteiger partial charge < -0.3 is 15.4 Å². The first kappa shape index (κ1) is 13.8. The van der Waals surface area contributed by atoms with Crippen molar-refractivity contribution in [1.82, 2.24) is 4.90 Å². The van der Waals surface area contributed by atoms with Gasteiger partial charge in [0.05, 0.1) is 5.60 Å². The third-order valence-corrected chi connectivity index (χ3v) is 4.35. The second-order valence-electron chi connectivity index (χ2n) is 5.68. The molecule has 1 aliphatic heterocycles. The zero-order chi connectivity index (χ0) is 12.8. The molecule has 1 saturated heterocycles. The lowest BCUT2D eigenvalue weighted by Crippen LogP contribution is -2.43. The monoisotopic (exact) mass is 254 g/mol. The molecule has 0 aromatic rings. The lowest BCUT2D eigenvalue weighted by atomic mass is 9.94. The fraction of sp³-hybridized carbons (Fsp3) is 0.929. The van der Waals surface area contributed by atoms with E-state index in [2.05, 4.69) is 0 Å². The predicted octanol–water partition coefficient (Wildman–Crippen LogP) is 1.68. The highest BCUT2D eigenvalue weighted by atomic mass is 16.5. The molecule has 4 nitrogen and oxygen atoms in total. The third-order valence-electron chi connectivity index (χ3n) is 4.35.